The van der Waals surface area contributed by atoms with Crippen molar-refractivity contribution in [3.8, 4) is 16.8 Å². The van der Waals surface area contributed by atoms with Gasteiger partial charge in [0.25, 0.3) is 0 Å². The van der Waals surface area contributed by atoms with Crippen molar-refractivity contribution < 1.29 is 4.42 Å². The molecule has 0 aliphatic heterocycles. The Morgan fingerprint density at radius 2 is 1.02 bits per heavy atom. The second kappa shape index (κ2) is 12.2. The minimum Gasteiger partial charge on any atom is -0.456 e. The summed E-state index contributed by atoms with van der Waals surface area (Å²) in [7, 11) is 0. The zero-order valence-electron chi connectivity index (χ0n) is 30.2. The topological polar surface area (TPSA) is 21.3 Å². The number of para-hydroxylation sites is 3. The van der Waals surface area contributed by atoms with E-state index in [4.69, 9.17) is 4.42 Å². The van der Waals surface area contributed by atoms with Gasteiger partial charge in [0.2, 0.25) is 0 Å². The Morgan fingerprint density at radius 3 is 1.82 bits per heavy atom. The molecule has 3 nitrogen and oxygen atoms in total. The lowest BCUT2D eigenvalue weighted by Gasteiger charge is -2.26. The lowest BCUT2D eigenvalue weighted by Crippen LogP contribution is -2.09. The van der Waals surface area contributed by atoms with Crippen LogP contribution in [0.2, 0.25) is 0 Å². The molecule has 0 N–H and O–H groups in total. The lowest BCUT2D eigenvalue weighted by atomic mass is 10.0. The second-order valence-corrected chi connectivity index (χ2v) is 15.6. The van der Waals surface area contributed by atoms with Gasteiger partial charge in [-0.25, -0.2) is 0 Å². The molecular weight excluding hydrogens is 701 g/mol. The molecule has 0 unspecified atom stereocenters. The summed E-state index contributed by atoms with van der Waals surface area (Å²) in [5, 5.41) is 9.76. The van der Waals surface area contributed by atoms with E-state index in [1.54, 1.807) is 0 Å². The van der Waals surface area contributed by atoms with Crippen molar-refractivity contribution in [3.63, 3.8) is 0 Å². The van der Waals surface area contributed by atoms with Crippen LogP contribution in [0.4, 0.5) is 17.1 Å². The predicted octanol–water partition coefficient (Wildman–Crippen LogP) is 15.3. The molecule has 9 aromatic carbocycles. The van der Waals surface area contributed by atoms with Crippen LogP contribution in [-0.2, 0) is 0 Å². The molecule has 0 fully saturated rings. The third-order valence-corrected chi connectivity index (χ3v) is 12.6. The molecule has 0 aliphatic carbocycles. The fraction of sp³-hybridized carbons (Fsp3) is 0. The molecule has 0 saturated carbocycles. The summed E-state index contributed by atoms with van der Waals surface area (Å²) in [6, 6.07) is 70.3. The first-order valence-electron chi connectivity index (χ1n) is 19.0. The Morgan fingerprint density at radius 1 is 0.411 bits per heavy atom. The maximum Gasteiger partial charge on any atom is 0.137 e. The van der Waals surface area contributed by atoms with E-state index in [0.717, 1.165) is 44.7 Å². The zero-order chi connectivity index (χ0) is 36.7. The van der Waals surface area contributed by atoms with Crippen molar-refractivity contribution >= 4 is 103 Å². The standard InChI is InChI=1S/C52H32N2OS/c1-2-12-35-29-37(26-21-33(35)11-1)53(38-27-28-43-42-15-5-9-19-49(42)55-50(43)32-38)36-24-22-34(23-25-36)45-30-39(31-46-44-16-6-10-20-51(44)56-52(45)46)54-47-17-7-3-13-40(47)41-14-4-8-18-48(41)54/h1-32H. The Bertz CT molecular complexity index is 3440. The summed E-state index contributed by atoms with van der Waals surface area (Å²) >= 11 is 1.87. The largest absolute Gasteiger partial charge is 0.456 e. The maximum atomic E-state index is 6.40. The first-order chi connectivity index (χ1) is 27.7. The number of nitrogens with zero attached hydrogens (tertiary/aromatic N) is 2. The third kappa shape index (κ3) is 4.76. The molecular formula is C52H32N2OS. The Labute approximate surface area is 326 Å². The van der Waals surface area contributed by atoms with Gasteiger partial charge >= 0.3 is 0 Å². The first kappa shape index (κ1) is 31.2. The van der Waals surface area contributed by atoms with Crippen molar-refractivity contribution in [3.05, 3.63) is 194 Å². The van der Waals surface area contributed by atoms with Gasteiger partial charge in [-0.15, -0.1) is 11.3 Å². The average molecular weight is 733 g/mol. The number of benzene rings is 9. The van der Waals surface area contributed by atoms with Gasteiger partial charge in [0.15, 0.2) is 0 Å². The van der Waals surface area contributed by atoms with Gasteiger partial charge in [-0.1, -0.05) is 115 Å². The SMILES string of the molecule is c1ccc2cc(N(c3ccc(-c4cc(-n5c6ccccc6c6ccccc65)cc5c4sc4ccccc45)cc3)c3ccc4c(c3)oc3ccccc34)ccc2c1. The normalized spacial score (nSPS) is 11.9. The summed E-state index contributed by atoms with van der Waals surface area (Å²) in [5.74, 6) is 0. The molecule has 4 heteroatoms. The molecule has 0 amide bonds. The fourth-order valence-corrected chi connectivity index (χ4v) is 9.98. The highest BCUT2D eigenvalue weighted by Crippen LogP contribution is 2.45. The van der Waals surface area contributed by atoms with Gasteiger partial charge in [0.1, 0.15) is 11.2 Å². The van der Waals surface area contributed by atoms with Crippen molar-refractivity contribution in [2.45, 2.75) is 0 Å². The van der Waals surface area contributed by atoms with Crippen molar-refractivity contribution in [1.29, 1.82) is 0 Å². The van der Waals surface area contributed by atoms with Gasteiger partial charge in [-0.3, -0.25) is 0 Å². The fourth-order valence-electron chi connectivity index (χ4n) is 8.76. The van der Waals surface area contributed by atoms with Gasteiger partial charge in [-0.2, -0.15) is 0 Å². The number of rotatable bonds is 5. The minimum absolute atomic E-state index is 0.875. The number of furan rings is 1. The van der Waals surface area contributed by atoms with E-state index in [1.807, 2.05) is 23.5 Å². The highest BCUT2D eigenvalue weighted by atomic mass is 32.1. The van der Waals surface area contributed by atoms with E-state index in [2.05, 4.69) is 191 Å². The highest BCUT2D eigenvalue weighted by Gasteiger charge is 2.19. The zero-order valence-corrected chi connectivity index (χ0v) is 31.0. The second-order valence-electron chi connectivity index (χ2n) is 14.5. The molecule has 12 rings (SSSR count). The highest BCUT2D eigenvalue weighted by molar-refractivity contribution is 7.26. The molecule has 0 spiro atoms. The summed E-state index contributed by atoms with van der Waals surface area (Å²) in [6.45, 7) is 0. The molecule has 262 valence electrons. The summed E-state index contributed by atoms with van der Waals surface area (Å²) in [5.41, 5.74) is 11.0. The number of thiophene rings is 1. The number of hydrogen-bond acceptors (Lipinski definition) is 3. The van der Waals surface area contributed by atoms with Crippen LogP contribution in [-0.4, -0.2) is 4.57 Å². The van der Waals surface area contributed by atoms with Gasteiger partial charge in [0, 0.05) is 76.1 Å². The summed E-state index contributed by atoms with van der Waals surface area (Å²) in [4.78, 5) is 2.34. The molecule has 0 atom stereocenters. The van der Waals surface area contributed by atoms with Crippen LogP contribution >= 0.6 is 11.3 Å². The van der Waals surface area contributed by atoms with Gasteiger partial charge < -0.3 is 13.9 Å². The quantitative estimate of drug-likeness (QED) is 0.176. The number of fused-ring (bicyclic) bond motifs is 10. The Kier molecular flexibility index (Phi) is 6.80. The lowest BCUT2D eigenvalue weighted by molar-refractivity contribution is 0.669. The van der Waals surface area contributed by atoms with Crippen molar-refractivity contribution in [2.24, 2.45) is 0 Å². The van der Waals surface area contributed by atoms with E-state index in [9.17, 15) is 0 Å². The molecule has 12 aromatic rings. The molecule has 0 saturated heterocycles. The Balaban J connectivity index is 1.05. The van der Waals surface area contributed by atoms with Crippen LogP contribution in [0.25, 0.3) is 91.5 Å². The van der Waals surface area contributed by atoms with Gasteiger partial charge in [0.05, 0.1) is 11.0 Å². The number of hydrogen-bond donors (Lipinski definition) is 0. The van der Waals surface area contributed by atoms with Crippen LogP contribution in [0, 0.1) is 0 Å². The maximum absolute atomic E-state index is 6.40. The number of anilines is 3. The summed E-state index contributed by atoms with van der Waals surface area (Å²) in [6.07, 6.45) is 0. The monoisotopic (exact) mass is 732 g/mol. The first-order valence-corrected chi connectivity index (χ1v) is 19.8. The molecule has 0 radical (unpaired) electrons. The molecule has 3 aromatic heterocycles. The molecule has 0 bridgehead atoms. The van der Waals surface area contributed by atoms with Crippen molar-refractivity contribution in [1.82, 2.24) is 4.57 Å². The Hall–Kier alpha value is -7.14. The van der Waals surface area contributed by atoms with Crippen molar-refractivity contribution in [2.75, 3.05) is 4.90 Å². The van der Waals surface area contributed by atoms with E-state index < -0.39 is 0 Å². The average Bonchev–Trinajstić information content (AvgIpc) is 3.93. The van der Waals surface area contributed by atoms with E-state index in [-0.39, 0.29) is 0 Å². The molecule has 3 heterocycles. The summed E-state index contributed by atoms with van der Waals surface area (Å²) < 4.78 is 11.4. The van der Waals surface area contributed by atoms with Crippen LogP contribution < -0.4 is 4.90 Å². The van der Waals surface area contributed by atoms with E-state index in [1.165, 1.54) is 63.9 Å². The van der Waals surface area contributed by atoms with Crippen LogP contribution in [0.5, 0.6) is 0 Å². The smallest absolute Gasteiger partial charge is 0.137 e. The minimum atomic E-state index is 0.875. The van der Waals surface area contributed by atoms with E-state index >= 15 is 0 Å². The molecule has 56 heavy (non-hydrogen) atoms. The van der Waals surface area contributed by atoms with Crippen LogP contribution in [0.1, 0.15) is 0 Å². The van der Waals surface area contributed by atoms with Crippen LogP contribution in [0.3, 0.4) is 0 Å². The van der Waals surface area contributed by atoms with E-state index in [0.29, 0.717) is 0 Å². The van der Waals surface area contributed by atoms with Gasteiger partial charge in [-0.05, 0) is 89.1 Å². The van der Waals surface area contributed by atoms with Crippen LogP contribution in [0.15, 0.2) is 199 Å². The third-order valence-electron chi connectivity index (χ3n) is 11.3. The predicted molar refractivity (Wildman–Crippen MR) is 239 cm³/mol. The molecule has 0 aliphatic rings. The number of aromatic nitrogens is 1.